The molecule has 6 fully saturated rings. The third kappa shape index (κ3) is 7.48. The van der Waals surface area contributed by atoms with Gasteiger partial charge in [-0.2, -0.15) is 0 Å². The third-order valence-electron chi connectivity index (χ3n) is 18.4. The van der Waals surface area contributed by atoms with Crippen LogP contribution in [0.5, 0.6) is 0 Å². The quantitative estimate of drug-likeness (QED) is 0.0805. The number of amides is 1. The van der Waals surface area contributed by atoms with Crippen LogP contribution in [-0.4, -0.2) is 166 Å². The molecule has 0 aromatic rings. The number of carbonyl (C=O) groups is 3. The van der Waals surface area contributed by atoms with Crippen LogP contribution in [-0.2, 0) is 42.8 Å². The van der Waals surface area contributed by atoms with Crippen molar-refractivity contribution in [2.45, 2.75) is 173 Å². The van der Waals surface area contributed by atoms with Crippen LogP contribution in [0.3, 0.4) is 0 Å². The number of fused-ring (bicyclic) bond motifs is 7. The van der Waals surface area contributed by atoms with E-state index < -0.39 is 113 Å². The summed E-state index contributed by atoms with van der Waals surface area (Å²) in [6, 6.07) is -0.854. The number of aliphatic hydroxyl groups excluding tert-OH is 8. The zero-order chi connectivity index (χ0) is 47.1. The van der Waals surface area contributed by atoms with Gasteiger partial charge in [-0.3, -0.25) is 9.59 Å². The first-order valence-electron chi connectivity index (χ1n) is 23.0. The summed E-state index contributed by atoms with van der Waals surface area (Å²) < 4.78 is 33.7. The Morgan fingerprint density at radius 1 is 0.812 bits per heavy atom. The SMILES string of the molecule is COC(=O)[C@@H](C)NC(=O)[C@]12CC[C@](C)(C(=O)OC)C[C@H]1C1=CC[C@@H]3[C@@]4(C)C[C@H](O)[C@H](O[C@@H]5OC[C@@H](O[C@@H]6O[C@H](CO)[C@@H](O)[C@H](O)[C@H]6O)[C@H](O)[C@H]5O)[C@@](C)(CO)[C@@H]4CC[C@@]3(C)[C@]1(C)CC2. The van der Waals surface area contributed by atoms with Crippen molar-refractivity contribution in [1.82, 2.24) is 5.32 Å². The fourth-order valence-electron chi connectivity index (χ4n) is 14.4. The Bertz CT molecular complexity index is 1800. The number of ether oxygens (including phenoxy) is 6. The van der Waals surface area contributed by atoms with Crippen LogP contribution < -0.4 is 5.32 Å². The lowest BCUT2D eigenvalue weighted by molar-refractivity contribution is -0.357. The first-order chi connectivity index (χ1) is 30.0. The Labute approximate surface area is 375 Å². The van der Waals surface area contributed by atoms with E-state index in [0.29, 0.717) is 51.4 Å². The molecular formula is C46H73NO17. The largest absolute Gasteiger partial charge is 0.469 e. The fourth-order valence-corrected chi connectivity index (χ4v) is 14.4. The van der Waals surface area contributed by atoms with Gasteiger partial charge in [0.1, 0.15) is 48.8 Å². The summed E-state index contributed by atoms with van der Waals surface area (Å²) in [5.41, 5.74) is -2.87. The third-order valence-corrected chi connectivity index (χ3v) is 18.4. The molecule has 21 atom stereocenters. The number of carbonyl (C=O) groups excluding carboxylic acids is 3. The molecule has 0 unspecified atom stereocenters. The molecule has 2 saturated heterocycles. The van der Waals surface area contributed by atoms with Crippen molar-refractivity contribution in [3.05, 3.63) is 11.6 Å². The maximum Gasteiger partial charge on any atom is 0.328 e. The highest BCUT2D eigenvalue weighted by atomic mass is 16.7. The van der Waals surface area contributed by atoms with Crippen LogP contribution >= 0.6 is 0 Å². The number of esters is 2. The van der Waals surface area contributed by atoms with E-state index in [0.717, 1.165) is 12.0 Å². The second-order valence-electron chi connectivity index (χ2n) is 21.5. The second kappa shape index (κ2) is 17.6. The minimum atomic E-state index is -1.74. The van der Waals surface area contributed by atoms with Gasteiger partial charge in [0.25, 0.3) is 0 Å². The van der Waals surface area contributed by atoms with Crippen molar-refractivity contribution >= 4 is 17.8 Å². The van der Waals surface area contributed by atoms with E-state index in [9.17, 15) is 55.2 Å². The first-order valence-corrected chi connectivity index (χ1v) is 23.0. The molecule has 64 heavy (non-hydrogen) atoms. The summed E-state index contributed by atoms with van der Waals surface area (Å²) in [5.74, 6) is -1.54. The highest BCUT2D eigenvalue weighted by Gasteiger charge is 2.71. The summed E-state index contributed by atoms with van der Waals surface area (Å²) >= 11 is 0. The van der Waals surface area contributed by atoms with Gasteiger partial charge in [-0.05, 0) is 106 Å². The van der Waals surface area contributed by atoms with Crippen molar-refractivity contribution in [1.29, 1.82) is 0 Å². The van der Waals surface area contributed by atoms with Crippen molar-refractivity contribution in [3.8, 4) is 0 Å². The molecule has 2 heterocycles. The summed E-state index contributed by atoms with van der Waals surface area (Å²) in [7, 11) is 2.67. The number of methoxy groups -OCH3 is 2. The number of nitrogens with one attached hydrogen (secondary N) is 1. The normalized spacial score (nSPS) is 50.6. The van der Waals surface area contributed by atoms with Gasteiger partial charge in [0, 0.05) is 5.41 Å². The van der Waals surface area contributed by atoms with Crippen molar-refractivity contribution in [2.75, 3.05) is 34.0 Å². The van der Waals surface area contributed by atoms with Gasteiger partial charge in [0.2, 0.25) is 5.91 Å². The zero-order valence-corrected chi connectivity index (χ0v) is 38.5. The van der Waals surface area contributed by atoms with Crippen molar-refractivity contribution in [2.24, 2.45) is 50.2 Å². The molecule has 1 amide bonds. The van der Waals surface area contributed by atoms with E-state index in [4.69, 9.17) is 28.4 Å². The Morgan fingerprint density at radius 2 is 1.48 bits per heavy atom. The lowest BCUT2D eigenvalue weighted by atomic mass is 9.33. The molecule has 18 heteroatoms. The first kappa shape index (κ1) is 49.6. The van der Waals surface area contributed by atoms with Crippen LogP contribution in [0.15, 0.2) is 11.6 Å². The van der Waals surface area contributed by atoms with Crippen LogP contribution in [0.1, 0.15) is 99.3 Å². The Hall–Kier alpha value is -2.33. The molecule has 364 valence electrons. The molecule has 7 rings (SSSR count). The van der Waals surface area contributed by atoms with Gasteiger partial charge in [-0.1, -0.05) is 39.3 Å². The number of aliphatic hydroxyl groups is 8. The Balaban J connectivity index is 1.13. The second-order valence-corrected chi connectivity index (χ2v) is 21.5. The molecule has 2 aliphatic heterocycles. The van der Waals surface area contributed by atoms with E-state index >= 15 is 0 Å². The van der Waals surface area contributed by atoms with E-state index in [1.165, 1.54) is 14.2 Å². The number of hydrogen-bond donors (Lipinski definition) is 9. The molecule has 4 saturated carbocycles. The average molecular weight is 912 g/mol. The van der Waals surface area contributed by atoms with Crippen LogP contribution in [0.4, 0.5) is 0 Å². The van der Waals surface area contributed by atoms with Crippen molar-refractivity contribution < 1.29 is 83.7 Å². The molecule has 18 nitrogen and oxygen atoms in total. The van der Waals surface area contributed by atoms with Gasteiger partial charge in [0.15, 0.2) is 12.6 Å². The molecule has 9 N–H and O–H groups in total. The molecular weight excluding hydrogens is 838 g/mol. The van der Waals surface area contributed by atoms with Gasteiger partial charge in [-0.15, -0.1) is 0 Å². The number of allylic oxidation sites excluding steroid dienone is 2. The smallest absolute Gasteiger partial charge is 0.328 e. The van der Waals surface area contributed by atoms with Crippen molar-refractivity contribution in [3.63, 3.8) is 0 Å². The predicted molar refractivity (Wildman–Crippen MR) is 223 cm³/mol. The lowest BCUT2D eigenvalue weighted by Crippen LogP contribution is -2.69. The van der Waals surface area contributed by atoms with Gasteiger partial charge >= 0.3 is 11.9 Å². The van der Waals surface area contributed by atoms with Gasteiger partial charge < -0.3 is 74.6 Å². The monoisotopic (exact) mass is 911 g/mol. The minimum Gasteiger partial charge on any atom is -0.469 e. The van der Waals surface area contributed by atoms with Crippen LogP contribution in [0, 0.1) is 50.2 Å². The summed E-state index contributed by atoms with van der Waals surface area (Å²) in [6.45, 7) is 10.8. The molecule has 0 aromatic heterocycles. The maximum atomic E-state index is 14.5. The predicted octanol–water partition coefficient (Wildman–Crippen LogP) is 0.211. The molecule has 7 aliphatic rings. The van der Waals surface area contributed by atoms with E-state index in [-0.39, 0.29) is 48.3 Å². The molecule has 0 spiro atoms. The van der Waals surface area contributed by atoms with Crippen LogP contribution in [0.2, 0.25) is 0 Å². The van der Waals surface area contributed by atoms with Crippen LogP contribution in [0.25, 0.3) is 0 Å². The topological polar surface area (TPSA) is 280 Å². The number of rotatable bonds is 10. The highest BCUT2D eigenvalue weighted by molar-refractivity contribution is 5.89. The lowest BCUT2D eigenvalue weighted by Gasteiger charge is -2.72. The summed E-state index contributed by atoms with van der Waals surface area (Å²) in [5, 5.41) is 89.4. The Kier molecular flexibility index (Phi) is 13.7. The Morgan fingerprint density at radius 3 is 2.12 bits per heavy atom. The molecule has 0 radical (unpaired) electrons. The van der Waals surface area contributed by atoms with Gasteiger partial charge in [-0.25, -0.2) is 4.79 Å². The average Bonchev–Trinajstić information content (AvgIpc) is 3.26. The van der Waals surface area contributed by atoms with E-state index in [1.54, 1.807) is 6.92 Å². The maximum absolute atomic E-state index is 14.5. The number of hydrogen-bond acceptors (Lipinski definition) is 17. The molecule has 5 aliphatic carbocycles. The van der Waals surface area contributed by atoms with E-state index in [2.05, 4.69) is 32.2 Å². The zero-order valence-electron chi connectivity index (χ0n) is 38.5. The molecule has 0 bridgehead atoms. The summed E-state index contributed by atoms with van der Waals surface area (Å²) in [4.78, 5) is 40.4. The fraction of sp³-hybridized carbons (Fsp3) is 0.891. The van der Waals surface area contributed by atoms with Gasteiger partial charge in [0.05, 0.1) is 57.1 Å². The van der Waals surface area contributed by atoms with E-state index in [1.807, 2.05) is 13.8 Å². The summed E-state index contributed by atoms with van der Waals surface area (Å²) in [6.07, 6.45) is -9.01. The highest BCUT2D eigenvalue weighted by Crippen LogP contribution is 2.76. The molecule has 0 aromatic carbocycles. The standard InChI is InChI=1S/C46H73NO17/c1-22(36(56)59-7)47-39(57)46-15-13-41(2,40(58)60-8)17-24(46)23-9-10-29-42(3)18-25(50)35(43(4,21-49)28(42)11-12-45(29,6)44(23,5)14-16-46)64-37-33(54)31(52)27(20-61-37)63-38-34(55)32(53)30(51)26(19-48)62-38/h9,22,24-35,37-38,48-55H,10-21H2,1-8H3,(H,47,57)/t22-,24+,25+,26-,27-,28-,29-,30-,31+,32+,33-,34-,35+,37+,38+,41+,42+,43+,44-,45-,46+/m1/s1. The minimum absolute atomic E-state index is 0.0175.